The predicted molar refractivity (Wildman–Crippen MR) is 62.8 cm³/mol. The Labute approximate surface area is 94.3 Å². The summed E-state index contributed by atoms with van der Waals surface area (Å²) >= 11 is 3.62. The van der Waals surface area contributed by atoms with Crippen LogP contribution in [0.25, 0.3) is 0 Å². The molecule has 1 heterocycles. The summed E-state index contributed by atoms with van der Waals surface area (Å²) in [5, 5.41) is 0. The Hall–Kier alpha value is -0.440. The number of hydrogen-bond acceptors (Lipinski definition) is 2. The van der Waals surface area contributed by atoms with E-state index in [1.807, 2.05) is 0 Å². The van der Waals surface area contributed by atoms with Gasteiger partial charge in [-0.3, -0.25) is 0 Å². The molecule has 78 valence electrons. The molecule has 0 fully saturated rings. The van der Waals surface area contributed by atoms with Crippen LogP contribution in [0.4, 0.5) is 0 Å². The molecular formula is C11H17BrN2. The SMILES string of the molecule is CCc1cc(C(CC)C(C)Br)ncn1. The summed E-state index contributed by atoms with van der Waals surface area (Å²) in [7, 11) is 0. The Kier molecular flexibility index (Phi) is 4.52. The number of aryl methyl sites for hydroxylation is 1. The van der Waals surface area contributed by atoms with Gasteiger partial charge in [-0.1, -0.05) is 36.7 Å². The molecule has 1 aromatic heterocycles. The van der Waals surface area contributed by atoms with Gasteiger partial charge >= 0.3 is 0 Å². The Morgan fingerprint density at radius 3 is 2.57 bits per heavy atom. The first-order valence-electron chi connectivity index (χ1n) is 5.13. The molecule has 0 aliphatic heterocycles. The molecule has 0 spiro atoms. The van der Waals surface area contributed by atoms with E-state index in [9.17, 15) is 0 Å². The zero-order valence-electron chi connectivity index (χ0n) is 9.00. The molecule has 0 saturated heterocycles. The van der Waals surface area contributed by atoms with Crippen LogP contribution in [0.5, 0.6) is 0 Å². The van der Waals surface area contributed by atoms with Gasteiger partial charge in [-0.15, -0.1) is 0 Å². The van der Waals surface area contributed by atoms with Crippen molar-refractivity contribution in [1.82, 2.24) is 9.97 Å². The van der Waals surface area contributed by atoms with Gasteiger partial charge in [0.15, 0.2) is 0 Å². The quantitative estimate of drug-likeness (QED) is 0.773. The zero-order chi connectivity index (χ0) is 10.6. The third kappa shape index (κ3) is 2.77. The fourth-order valence-electron chi connectivity index (χ4n) is 1.58. The van der Waals surface area contributed by atoms with Gasteiger partial charge in [-0.2, -0.15) is 0 Å². The molecule has 1 aromatic rings. The van der Waals surface area contributed by atoms with Crippen LogP contribution in [0.2, 0.25) is 0 Å². The van der Waals surface area contributed by atoms with Crippen LogP contribution in [0.15, 0.2) is 12.4 Å². The smallest absolute Gasteiger partial charge is 0.115 e. The van der Waals surface area contributed by atoms with Gasteiger partial charge in [0.05, 0.1) is 0 Å². The van der Waals surface area contributed by atoms with Crippen molar-refractivity contribution in [2.24, 2.45) is 0 Å². The molecule has 0 radical (unpaired) electrons. The molecular weight excluding hydrogens is 240 g/mol. The van der Waals surface area contributed by atoms with E-state index in [2.05, 4.69) is 52.7 Å². The van der Waals surface area contributed by atoms with E-state index in [0.717, 1.165) is 24.2 Å². The molecule has 0 amide bonds. The number of aromatic nitrogens is 2. The van der Waals surface area contributed by atoms with Gasteiger partial charge in [0.25, 0.3) is 0 Å². The van der Waals surface area contributed by atoms with Gasteiger partial charge in [-0.05, 0) is 18.9 Å². The molecule has 0 N–H and O–H groups in total. The number of halogens is 1. The highest BCUT2D eigenvalue weighted by atomic mass is 79.9. The normalized spacial score (nSPS) is 15.1. The van der Waals surface area contributed by atoms with Crippen LogP contribution in [0, 0.1) is 0 Å². The van der Waals surface area contributed by atoms with Crippen molar-refractivity contribution < 1.29 is 0 Å². The second kappa shape index (κ2) is 5.44. The number of rotatable bonds is 4. The lowest BCUT2D eigenvalue weighted by Crippen LogP contribution is -2.10. The van der Waals surface area contributed by atoms with Crippen molar-refractivity contribution in [3.63, 3.8) is 0 Å². The average molecular weight is 257 g/mol. The van der Waals surface area contributed by atoms with Crippen molar-refractivity contribution in [1.29, 1.82) is 0 Å². The third-order valence-corrected chi connectivity index (χ3v) is 3.12. The van der Waals surface area contributed by atoms with Gasteiger partial charge < -0.3 is 0 Å². The fourth-order valence-corrected chi connectivity index (χ4v) is 2.22. The highest BCUT2D eigenvalue weighted by molar-refractivity contribution is 9.09. The highest BCUT2D eigenvalue weighted by Crippen LogP contribution is 2.26. The average Bonchev–Trinajstić information content (AvgIpc) is 2.19. The van der Waals surface area contributed by atoms with E-state index in [1.165, 1.54) is 0 Å². The van der Waals surface area contributed by atoms with Crippen LogP contribution < -0.4 is 0 Å². The van der Waals surface area contributed by atoms with E-state index in [1.54, 1.807) is 6.33 Å². The van der Waals surface area contributed by atoms with E-state index in [-0.39, 0.29) is 0 Å². The summed E-state index contributed by atoms with van der Waals surface area (Å²) in [6.45, 7) is 6.47. The molecule has 2 unspecified atom stereocenters. The van der Waals surface area contributed by atoms with Crippen molar-refractivity contribution in [2.45, 2.75) is 44.4 Å². The molecule has 0 aliphatic carbocycles. The van der Waals surface area contributed by atoms with Gasteiger partial charge in [0.2, 0.25) is 0 Å². The molecule has 14 heavy (non-hydrogen) atoms. The van der Waals surface area contributed by atoms with Crippen LogP contribution in [-0.4, -0.2) is 14.8 Å². The van der Waals surface area contributed by atoms with E-state index in [0.29, 0.717) is 10.7 Å². The fraction of sp³-hybridized carbons (Fsp3) is 0.636. The zero-order valence-corrected chi connectivity index (χ0v) is 10.6. The second-order valence-electron chi connectivity index (χ2n) is 3.48. The highest BCUT2D eigenvalue weighted by Gasteiger charge is 2.16. The molecule has 1 rings (SSSR count). The molecule has 0 saturated carbocycles. The van der Waals surface area contributed by atoms with Gasteiger partial charge in [0.1, 0.15) is 6.33 Å². The summed E-state index contributed by atoms with van der Waals surface area (Å²) < 4.78 is 0. The number of hydrogen-bond donors (Lipinski definition) is 0. The minimum atomic E-state index is 0.465. The first-order chi connectivity index (χ1) is 6.69. The van der Waals surface area contributed by atoms with E-state index < -0.39 is 0 Å². The standard InChI is InChI=1S/C11H17BrN2/c1-4-9-6-11(14-7-13-9)10(5-2)8(3)12/h6-8,10H,4-5H2,1-3H3. The molecule has 0 aliphatic rings. The largest absolute Gasteiger partial charge is 0.241 e. The summed E-state index contributed by atoms with van der Waals surface area (Å²) in [4.78, 5) is 9.01. The van der Waals surface area contributed by atoms with Gasteiger partial charge in [0, 0.05) is 22.1 Å². The summed E-state index contributed by atoms with van der Waals surface area (Å²) in [6.07, 6.45) is 3.75. The van der Waals surface area contributed by atoms with E-state index in [4.69, 9.17) is 0 Å². The van der Waals surface area contributed by atoms with Crippen molar-refractivity contribution in [2.75, 3.05) is 0 Å². The molecule has 2 atom stereocenters. The Bertz CT molecular complexity index is 286. The van der Waals surface area contributed by atoms with Crippen LogP contribution in [-0.2, 0) is 6.42 Å². The third-order valence-electron chi connectivity index (χ3n) is 2.48. The molecule has 0 bridgehead atoms. The first-order valence-corrected chi connectivity index (χ1v) is 6.05. The Balaban J connectivity index is 2.92. The second-order valence-corrected chi connectivity index (χ2v) is 4.92. The maximum Gasteiger partial charge on any atom is 0.115 e. The lowest BCUT2D eigenvalue weighted by atomic mass is 9.98. The molecule has 2 nitrogen and oxygen atoms in total. The lowest BCUT2D eigenvalue weighted by molar-refractivity contribution is 0.639. The summed E-state index contributed by atoms with van der Waals surface area (Å²) in [6, 6.07) is 2.12. The van der Waals surface area contributed by atoms with E-state index >= 15 is 0 Å². The monoisotopic (exact) mass is 256 g/mol. The Morgan fingerprint density at radius 1 is 1.36 bits per heavy atom. The lowest BCUT2D eigenvalue weighted by Gasteiger charge is -2.17. The maximum absolute atomic E-state index is 4.34. The number of alkyl halides is 1. The van der Waals surface area contributed by atoms with Gasteiger partial charge in [-0.25, -0.2) is 9.97 Å². The predicted octanol–water partition coefficient (Wildman–Crippen LogP) is 3.32. The maximum atomic E-state index is 4.34. The summed E-state index contributed by atoms with van der Waals surface area (Å²) in [5.74, 6) is 0.489. The minimum absolute atomic E-state index is 0.465. The van der Waals surface area contributed by atoms with Crippen molar-refractivity contribution in [3.05, 3.63) is 23.8 Å². The van der Waals surface area contributed by atoms with Crippen molar-refractivity contribution >= 4 is 15.9 Å². The van der Waals surface area contributed by atoms with Crippen LogP contribution in [0.3, 0.4) is 0 Å². The molecule has 0 aromatic carbocycles. The Morgan fingerprint density at radius 2 is 2.07 bits per heavy atom. The number of nitrogens with zero attached hydrogens (tertiary/aromatic N) is 2. The minimum Gasteiger partial charge on any atom is -0.241 e. The molecule has 3 heteroatoms. The van der Waals surface area contributed by atoms with Crippen LogP contribution in [0.1, 0.15) is 44.5 Å². The summed E-state index contributed by atoms with van der Waals surface area (Å²) in [5.41, 5.74) is 2.28. The topological polar surface area (TPSA) is 25.8 Å². The van der Waals surface area contributed by atoms with Crippen LogP contribution >= 0.6 is 15.9 Å². The van der Waals surface area contributed by atoms with Crippen molar-refractivity contribution in [3.8, 4) is 0 Å². The first kappa shape index (κ1) is 11.6.